The molecule has 16 nitrogen and oxygen atoms in total. The van der Waals surface area contributed by atoms with Crippen LogP contribution in [0.4, 0.5) is 193 Å². The fourth-order valence-corrected chi connectivity index (χ4v) is 17.4. The highest BCUT2D eigenvalue weighted by atomic mass is 19.5. The van der Waals surface area contributed by atoms with Gasteiger partial charge in [0.2, 0.25) is 0 Å². The Labute approximate surface area is 726 Å². The topological polar surface area (TPSA) is 223 Å². The second-order valence-electron chi connectivity index (χ2n) is 33.5. The van der Waals surface area contributed by atoms with E-state index in [1.54, 1.807) is 0 Å². The minimum absolute atomic E-state index is 0.00565. The number of carbonyl (C=O) groups is 4. The van der Waals surface area contributed by atoms with Crippen molar-refractivity contribution in [1.82, 2.24) is 0 Å². The number of carbonyl (C=O) groups excluding carboxylic acids is 4. The third kappa shape index (κ3) is 20.6. The lowest BCUT2D eigenvalue weighted by atomic mass is 9.60. The van der Waals surface area contributed by atoms with Crippen molar-refractivity contribution >= 4 is 23.9 Å². The molecule has 0 aromatic rings. The average molecular weight is 2060 g/mol. The van der Waals surface area contributed by atoms with E-state index in [0.29, 0.717) is 39.5 Å². The number of hydrogen-bond acceptors (Lipinski definition) is 16. The maximum Gasteiger partial charge on any atom is 0.449 e. The summed E-state index contributed by atoms with van der Waals surface area (Å²) < 4.78 is 641. The molecular weight excluding hydrogens is 1980 g/mol. The summed E-state index contributed by atoms with van der Waals surface area (Å²) in [4.78, 5) is 48.0. The SMILES string of the molecule is C=C(C(=O)OC1(C2CCCCC2)CC(C)(C(F)(F)F)OC(O)(C(F)(F)F)C1(F)F)C(F)(F)F.C=C(C(=O)OC1(C2CCCCC2)CC(C2CCCCC2)(C(F)(F)F)OC(O)(C(F)(F)F)C1(F)F)C(F)(F)F.C=C(C(=O)OC1(CC)CC(C)(C(F)(F)F)OC(O)(C(F)(F)F)C1(F)F)C(F)(F)F.C=C(C(=O)OC1(CC)CC(C2CCCCC2)(C(F)(F)F)OC(O)(C(F)(F)F)C1(F)F)C(F)(F)F. The summed E-state index contributed by atoms with van der Waals surface area (Å²) in [6.45, 7) is 10.0. The van der Waals surface area contributed by atoms with Crippen LogP contribution < -0.4 is 0 Å². The number of ether oxygens (including phenoxy) is 8. The molecule has 4 saturated heterocycles. The first-order chi connectivity index (χ1) is 59.4. The van der Waals surface area contributed by atoms with Crippen LogP contribution in [0.2, 0.25) is 0 Å². The molecule has 0 radical (unpaired) electrons. The zero-order valence-corrected chi connectivity index (χ0v) is 68.8. The number of rotatable bonds is 14. The van der Waals surface area contributed by atoms with Gasteiger partial charge in [-0.1, -0.05) is 117 Å². The Balaban J connectivity index is 0.000000317. The molecule has 4 aliphatic carbocycles. The summed E-state index contributed by atoms with van der Waals surface area (Å²) >= 11 is 0. The molecule has 134 heavy (non-hydrogen) atoms. The summed E-state index contributed by atoms with van der Waals surface area (Å²) in [5.74, 6) is -65.3. The van der Waals surface area contributed by atoms with Crippen LogP contribution >= 0.6 is 0 Å². The van der Waals surface area contributed by atoms with Crippen molar-refractivity contribution in [3.63, 3.8) is 0 Å². The number of aliphatic hydroxyl groups is 4. The lowest BCUT2D eigenvalue weighted by Gasteiger charge is -2.61. The Hall–Kier alpha value is -6.56. The highest BCUT2D eigenvalue weighted by Gasteiger charge is 2.93. The van der Waals surface area contributed by atoms with Gasteiger partial charge in [0.25, 0.3) is 0 Å². The molecule has 4 heterocycles. The summed E-state index contributed by atoms with van der Waals surface area (Å²) in [5, 5.41) is 39.8. The molecule has 12 unspecified atom stereocenters. The first-order valence-electron chi connectivity index (χ1n) is 39.1. The maximum atomic E-state index is 16.0. The molecule has 60 heteroatoms. The molecule has 8 aliphatic rings. The fraction of sp³-hybridized carbons (Fsp3) is 0.838. The van der Waals surface area contributed by atoms with Crippen molar-refractivity contribution in [2.24, 2.45) is 23.7 Å². The van der Waals surface area contributed by atoms with Gasteiger partial charge < -0.3 is 58.3 Å². The Kier molecular flexibility index (Phi) is 32.7. The molecule has 0 spiro atoms. The van der Waals surface area contributed by atoms with Gasteiger partial charge in [0.05, 0.1) is 0 Å². The van der Waals surface area contributed by atoms with Crippen molar-refractivity contribution in [2.75, 3.05) is 0 Å². The molecule has 0 aromatic carbocycles. The van der Waals surface area contributed by atoms with Crippen molar-refractivity contribution in [3.05, 3.63) is 48.6 Å². The number of esters is 4. The van der Waals surface area contributed by atoms with Gasteiger partial charge in [-0.2, -0.15) is 193 Å². The molecule has 8 rings (SSSR count). The van der Waals surface area contributed by atoms with E-state index in [2.05, 4.69) is 64.2 Å². The molecule has 0 amide bonds. The molecule has 0 bridgehead atoms. The first-order valence-corrected chi connectivity index (χ1v) is 39.1. The van der Waals surface area contributed by atoms with E-state index >= 15 is 26.3 Å². The van der Waals surface area contributed by atoms with Gasteiger partial charge in [0, 0.05) is 37.5 Å². The molecule has 12 atom stereocenters. The molecule has 8 fully saturated rings. The molecule has 4 saturated carbocycles. The Bertz CT molecular complexity index is 4210. The van der Waals surface area contributed by atoms with E-state index in [1.807, 2.05) is 0 Å². The van der Waals surface area contributed by atoms with Crippen LogP contribution in [0, 0.1) is 23.7 Å². The van der Waals surface area contributed by atoms with E-state index in [9.17, 15) is 206 Å². The Morgan fingerprint density at radius 1 is 0.276 bits per heavy atom. The third-order valence-corrected chi connectivity index (χ3v) is 25.0. The Morgan fingerprint density at radius 3 is 0.709 bits per heavy atom. The summed E-state index contributed by atoms with van der Waals surface area (Å²) in [7, 11) is 0. The van der Waals surface area contributed by atoms with Gasteiger partial charge in [-0.3, -0.25) is 0 Å². The smallest absolute Gasteiger partial charge is 0.449 e. The molecule has 4 aliphatic heterocycles. The quantitative estimate of drug-likeness (QED) is 0.0549. The van der Waals surface area contributed by atoms with Gasteiger partial charge in [-0.15, -0.1) is 0 Å². The van der Waals surface area contributed by atoms with Crippen LogP contribution in [0.1, 0.15) is 195 Å². The van der Waals surface area contributed by atoms with Crippen LogP contribution in [0.25, 0.3) is 0 Å². The highest BCUT2D eigenvalue weighted by molar-refractivity contribution is 5.91. The number of hydrogen-bond donors (Lipinski definition) is 4. The molecule has 780 valence electrons. The van der Waals surface area contributed by atoms with Crippen LogP contribution in [0.3, 0.4) is 0 Å². The predicted octanol–water partition coefficient (Wildman–Crippen LogP) is 23.2. The predicted molar refractivity (Wildman–Crippen MR) is 356 cm³/mol. The molecular formula is C74H80F44O16. The van der Waals surface area contributed by atoms with Crippen molar-refractivity contribution < 1.29 is 271 Å². The van der Waals surface area contributed by atoms with Crippen molar-refractivity contribution in [2.45, 2.75) is 360 Å². The average Bonchev–Trinajstić information content (AvgIpc) is 0.663. The van der Waals surface area contributed by atoms with E-state index < -0.39 is 325 Å². The minimum atomic E-state index is -6.57. The van der Waals surface area contributed by atoms with Crippen LogP contribution in [-0.2, 0) is 57.1 Å². The summed E-state index contributed by atoms with van der Waals surface area (Å²) in [6.07, 6.45) is -85.8. The zero-order chi connectivity index (χ0) is 105. The van der Waals surface area contributed by atoms with E-state index in [1.165, 1.54) is 0 Å². The Morgan fingerprint density at radius 2 is 0.478 bits per heavy atom. The standard InChI is InChI=1S/C23H27F11O4.C19H21F11O4.C18H19F11O4.C14H13F11O4/c1-13(19(24,25)26)16(35)37-17(14-8-4-2-5-9-14)12-18(22(29,30)31,15-10-6-3-7-11-15)38-21(36,20(17,27)28)23(32,33)34;1-3-13(33-12(31)10(2)15(20,21)22)9-14(18(25,26)27,11-7-5-4-6-8-11)34-17(32,16(13,23)24)19(28,29)30;1-9(14(19,20)21)11(30)32-13(10-6-4-3-5-7-10)8-12(2,17(24,25)26)33-16(31,15(13,22)23)18(27,28)29;1-4-9(28-7(26)6(2)10(15,16)17)5-8(3,13(20,21)22)29-12(27,11(9,18)19)14(23,24)25/h14-15,36H,1-12H2;11,32H,2-9H2,1H3;10,31H,1,3-8H2,2H3;27H,2,4-5H2,1,3H3. The van der Waals surface area contributed by atoms with Gasteiger partial charge in [0.15, 0.2) is 44.8 Å². The monoisotopic (exact) mass is 2060 g/mol. The largest absolute Gasteiger partial charge is 0.449 e. The van der Waals surface area contributed by atoms with E-state index in [0.717, 1.165) is 0 Å². The van der Waals surface area contributed by atoms with Gasteiger partial charge in [-0.05, 0) is 89.9 Å². The minimum Gasteiger partial charge on any atom is -0.449 e. The first kappa shape index (κ1) is 118. The number of alkyl halides is 44. The van der Waals surface area contributed by atoms with Crippen molar-refractivity contribution in [1.29, 1.82) is 0 Å². The van der Waals surface area contributed by atoms with Crippen molar-refractivity contribution in [3.8, 4) is 0 Å². The summed E-state index contributed by atoms with van der Waals surface area (Å²) in [5.41, 5.74) is -43.0. The van der Waals surface area contributed by atoms with Gasteiger partial charge >= 0.3 is 145 Å². The van der Waals surface area contributed by atoms with Gasteiger partial charge in [0.1, 0.15) is 22.3 Å². The third-order valence-electron chi connectivity index (χ3n) is 25.0. The van der Waals surface area contributed by atoms with Crippen LogP contribution in [0.5, 0.6) is 0 Å². The zero-order valence-electron chi connectivity index (χ0n) is 68.8. The highest BCUT2D eigenvalue weighted by Crippen LogP contribution is 2.71. The van der Waals surface area contributed by atoms with E-state index in [-0.39, 0.29) is 65.2 Å². The lowest BCUT2D eigenvalue weighted by Crippen LogP contribution is -2.82. The molecule has 0 aromatic heterocycles. The summed E-state index contributed by atoms with van der Waals surface area (Å²) in [6, 6.07) is 0. The second-order valence-corrected chi connectivity index (χ2v) is 33.5. The van der Waals surface area contributed by atoms with Crippen LogP contribution in [0.15, 0.2) is 48.6 Å². The maximum absolute atomic E-state index is 16.0. The molecule has 4 N–H and O–H groups in total. The lowest BCUT2D eigenvalue weighted by molar-refractivity contribution is -0.528. The number of halogens is 44. The van der Waals surface area contributed by atoms with Gasteiger partial charge in [-0.25, -0.2) is 19.2 Å². The second kappa shape index (κ2) is 37.1. The fourth-order valence-electron chi connectivity index (χ4n) is 17.4. The van der Waals surface area contributed by atoms with E-state index in [4.69, 9.17) is 0 Å². The normalized spacial score (nSPS) is 33.8. The van der Waals surface area contributed by atoms with Crippen LogP contribution in [-0.4, -0.2) is 210 Å².